The number of carbonyl (C=O) groups is 3. The van der Waals surface area contributed by atoms with Gasteiger partial charge >= 0.3 is 17.9 Å². The van der Waals surface area contributed by atoms with E-state index in [1.165, 1.54) is 135 Å². The number of ether oxygens (including phenoxy) is 3. The third-order valence-electron chi connectivity index (χ3n) is 10.0. The fourth-order valence-electron chi connectivity index (χ4n) is 6.63. The molecule has 51 heavy (non-hydrogen) atoms. The minimum atomic E-state index is -0.757. The van der Waals surface area contributed by atoms with Gasteiger partial charge in [0, 0.05) is 19.3 Å². The van der Waals surface area contributed by atoms with E-state index in [1.807, 2.05) is 0 Å². The summed E-state index contributed by atoms with van der Waals surface area (Å²) in [7, 11) is 0. The summed E-state index contributed by atoms with van der Waals surface area (Å²) in [6.45, 7) is 8.92. The van der Waals surface area contributed by atoms with Crippen molar-refractivity contribution in [1.29, 1.82) is 0 Å². The molecular formula is C45H86O6. The topological polar surface area (TPSA) is 78.9 Å². The van der Waals surface area contributed by atoms with Gasteiger partial charge in [-0.1, -0.05) is 207 Å². The van der Waals surface area contributed by atoms with Crippen LogP contribution < -0.4 is 0 Å². The van der Waals surface area contributed by atoms with Crippen molar-refractivity contribution in [2.24, 2.45) is 5.92 Å². The first kappa shape index (κ1) is 49.4. The third kappa shape index (κ3) is 39.5. The Bertz CT molecular complexity index is 766. The minimum absolute atomic E-state index is 0.0652. The third-order valence-corrected chi connectivity index (χ3v) is 10.0. The monoisotopic (exact) mass is 723 g/mol. The molecule has 0 spiro atoms. The molecule has 0 heterocycles. The molecule has 1 atom stereocenters. The second-order valence-corrected chi connectivity index (χ2v) is 15.8. The summed E-state index contributed by atoms with van der Waals surface area (Å²) in [6.07, 6.45) is 38.3. The van der Waals surface area contributed by atoms with Crippen molar-refractivity contribution in [3.05, 3.63) is 0 Å². The van der Waals surface area contributed by atoms with Crippen LogP contribution in [0.3, 0.4) is 0 Å². The fourth-order valence-corrected chi connectivity index (χ4v) is 6.63. The maximum Gasteiger partial charge on any atom is 0.306 e. The zero-order chi connectivity index (χ0) is 37.5. The van der Waals surface area contributed by atoms with Crippen molar-refractivity contribution in [3.63, 3.8) is 0 Å². The molecule has 0 aromatic rings. The van der Waals surface area contributed by atoms with E-state index in [0.29, 0.717) is 19.3 Å². The maximum atomic E-state index is 12.5. The molecule has 0 fully saturated rings. The molecule has 6 heteroatoms. The first-order chi connectivity index (χ1) is 24.9. The van der Waals surface area contributed by atoms with Gasteiger partial charge in [0.1, 0.15) is 13.2 Å². The number of hydrogen-bond acceptors (Lipinski definition) is 6. The number of carbonyl (C=O) groups excluding carboxylic acids is 3. The number of unbranched alkanes of at least 4 members (excludes halogenated alkanes) is 27. The van der Waals surface area contributed by atoms with E-state index < -0.39 is 6.10 Å². The highest BCUT2D eigenvalue weighted by Crippen LogP contribution is 2.16. The van der Waals surface area contributed by atoms with Crippen LogP contribution in [0.5, 0.6) is 0 Å². The summed E-state index contributed by atoms with van der Waals surface area (Å²) >= 11 is 0. The summed E-state index contributed by atoms with van der Waals surface area (Å²) in [4.78, 5) is 37.4. The highest BCUT2D eigenvalue weighted by molar-refractivity contribution is 5.71. The van der Waals surface area contributed by atoms with Gasteiger partial charge in [0.15, 0.2) is 6.10 Å². The smallest absolute Gasteiger partial charge is 0.306 e. The molecule has 0 saturated heterocycles. The van der Waals surface area contributed by atoms with Crippen LogP contribution in [0.4, 0.5) is 0 Å². The summed E-state index contributed by atoms with van der Waals surface area (Å²) < 4.78 is 16.6. The lowest BCUT2D eigenvalue weighted by atomic mass is 10.0. The molecule has 0 rings (SSSR count). The Labute approximate surface area is 317 Å². The van der Waals surface area contributed by atoms with E-state index in [2.05, 4.69) is 27.7 Å². The first-order valence-corrected chi connectivity index (χ1v) is 22.4. The Morgan fingerprint density at radius 3 is 0.961 bits per heavy atom. The summed E-state index contributed by atoms with van der Waals surface area (Å²) in [5.74, 6) is -0.0298. The zero-order valence-corrected chi connectivity index (χ0v) is 34.6. The minimum Gasteiger partial charge on any atom is -0.462 e. The lowest BCUT2D eigenvalue weighted by Crippen LogP contribution is -2.30. The van der Waals surface area contributed by atoms with Crippen molar-refractivity contribution < 1.29 is 28.6 Å². The number of rotatable bonds is 40. The molecule has 0 N–H and O–H groups in total. The average Bonchev–Trinajstić information content (AvgIpc) is 3.11. The number of hydrogen-bond donors (Lipinski definition) is 0. The molecule has 0 aliphatic rings. The van der Waals surface area contributed by atoms with Crippen molar-refractivity contribution >= 4 is 17.9 Å². The second kappa shape index (κ2) is 39.6. The normalized spacial score (nSPS) is 11.9. The van der Waals surface area contributed by atoms with Crippen LogP contribution in [0.2, 0.25) is 0 Å². The van der Waals surface area contributed by atoms with Crippen LogP contribution in [0.1, 0.15) is 246 Å². The predicted molar refractivity (Wildman–Crippen MR) is 215 cm³/mol. The van der Waals surface area contributed by atoms with Crippen LogP contribution in [0.25, 0.3) is 0 Å². The number of esters is 3. The Morgan fingerprint density at radius 1 is 0.373 bits per heavy atom. The van der Waals surface area contributed by atoms with Crippen LogP contribution in [-0.4, -0.2) is 37.2 Å². The lowest BCUT2D eigenvalue weighted by molar-refractivity contribution is -0.167. The van der Waals surface area contributed by atoms with E-state index in [4.69, 9.17) is 14.2 Å². The van der Waals surface area contributed by atoms with Gasteiger partial charge in [0.05, 0.1) is 0 Å². The molecule has 0 saturated carbocycles. The van der Waals surface area contributed by atoms with Crippen molar-refractivity contribution in [2.45, 2.75) is 252 Å². The molecule has 0 aromatic heterocycles. The molecule has 0 aromatic carbocycles. The SMILES string of the molecule is CCCCCCCCCCCCCCC(=O)OC[C@@H](COC(=O)CCCCCCCCCCCCCCCC(C)C)OC(=O)CCCCCCC. The lowest BCUT2D eigenvalue weighted by Gasteiger charge is -2.18. The van der Waals surface area contributed by atoms with E-state index in [0.717, 1.165) is 70.1 Å². The van der Waals surface area contributed by atoms with Gasteiger partial charge in [-0.15, -0.1) is 0 Å². The highest BCUT2D eigenvalue weighted by Gasteiger charge is 2.19. The molecule has 0 amide bonds. The zero-order valence-electron chi connectivity index (χ0n) is 34.6. The largest absolute Gasteiger partial charge is 0.462 e. The van der Waals surface area contributed by atoms with Crippen LogP contribution >= 0.6 is 0 Å². The van der Waals surface area contributed by atoms with E-state index in [1.54, 1.807) is 0 Å². The van der Waals surface area contributed by atoms with Crippen molar-refractivity contribution in [2.75, 3.05) is 13.2 Å². The van der Waals surface area contributed by atoms with E-state index in [9.17, 15) is 14.4 Å². The van der Waals surface area contributed by atoms with E-state index >= 15 is 0 Å². The fraction of sp³-hybridized carbons (Fsp3) is 0.933. The molecule has 0 radical (unpaired) electrons. The molecule has 0 aliphatic carbocycles. The Hall–Kier alpha value is -1.59. The molecule has 302 valence electrons. The summed E-state index contributed by atoms with van der Waals surface area (Å²) in [6, 6.07) is 0. The summed E-state index contributed by atoms with van der Waals surface area (Å²) in [5.41, 5.74) is 0. The molecule has 0 aliphatic heterocycles. The highest BCUT2D eigenvalue weighted by atomic mass is 16.6. The standard InChI is InChI=1S/C45H86O6/c1-5-7-9-11-12-13-14-19-22-25-29-32-36-43(46)49-39-42(51-45(48)38-34-27-10-8-6-2)40-50-44(47)37-33-30-26-23-20-17-15-16-18-21-24-28-31-35-41(3)4/h41-42H,5-40H2,1-4H3/t42-/m0/s1. The second-order valence-electron chi connectivity index (χ2n) is 15.8. The molecule has 0 bridgehead atoms. The van der Waals surface area contributed by atoms with Gasteiger partial charge in [0.2, 0.25) is 0 Å². The van der Waals surface area contributed by atoms with Gasteiger partial charge in [-0.3, -0.25) is 14.4 Å². The summed E-state index contributed by atoms with van der Waals surface area (Å²) in [5, 5.41) is 0. The van der Waals surface area contributed by atoms with Gasteiger partial charge in [-0.05, 0) is 25.2 Å². The molecular weight excluding hydrogens is 636 g/mol. The van der Waals surface area contributed by atoms with E-state index in [-0.39, 0.29) is 31.1 Å². The Kier molecular flexibility index (Phi) is 38.4. The maximum absolute atomic E-state index is 12.5. The van der Waals surface area contributed by atoms with Gasteiger partial charge in [-0.25, -0.2) is 0 Å². The van der Waals surface area contributed by atoms with Crippen LogP contribution in [-0.2, 0) is 28.6 Å². The molecule has 6 nitrogen and oxygen atoms in total. The average molecular weight is 723 g/mol. The quantitative estimate of drug-likeness (QED) is 0.0356. The van der Waals surface area contributed by atoms with Gasteiger partial charge in [0.25, 0.3) is 0 Å². The first-order valence-electron chi connectivity index (χ1n) is 22.4. The van der Waals surface area contributed by atoms with Crippen LogP contribution in [0, 0.1) is 5.92 Å². The van der Waals surface area contributed by atoms with Gasteiger partial charge < -0.3 is 14.2 Å². The van der Waals surface area contributed by atoms with Crippen molar-refractivity contribution in [3.8, 4) is 0 Å². The predicted octanol–water partition coefficient (Wildman–Crippen LogP) is 13.9. The molecule has 0 unspecified atom stereocenters. The van der Waals surface area contributed by atoms with Crippen molar-refractivity contribution in [1.82, 2.24) is 0 Å². The van der Waals surface area contributed by atoms with Gasteiger partial charge in [-0.2, -0.15) is 0 Å². The van der Waals surface area contributed by atoms with Crippen LogP contribution in [0.15, 0.2) is 0 Å². The Balaban J connectivity index is 4.13. The Morgan fingerprint density at radius 2 is 0.647 bits per heavy atom.